The van der Waals surface area contributed by atoms with E-state index in [4.69, 9.17) is 0 Å². The summed E-state index contributed by atoms with van der Waals surface area (Å²) in [6.07, 6.45) is -0.703. The van der Waals surface area contributed by atoms with Crippen LogP contribution in [0.15, 0.2) is 48.5 Å². The van der Waals surface area contributed by atoms with Crippen LogP contribution in [0.3, 0.4) is 0 Å². The lowest BCUT2D eigenvalue weighted by Crippen LogP contribution is -2.23. The first-order chi connectivity index (χ1) is 16.0. The van der Waals surface area contributed by atoms with E-state index in [2.05, 4.69) is 11.7 Å². The number of benzene rings is 3. The molecule has 0 atom stereocenters. The van der Waals surface area contributed by atoms with E-state index in [-0.39, 0.29) is 17.0 Å². The number of halogens is 7. The molecular weight excluding hydrogens is 461 g/mol. The third-order valence-electron chi connectivity index (χ3n) is 6.28. The van der Waals surface area contributed by atoms with Crippen molar-refractivity contribution in [2.75, 3.05) is 0 Å². The highest BCUT2D eigenvalue weighted by Crippen LogP contribution is 2.40. The van der Waals surface area contributed by atoms with Gasteiger partial charge in [0.1, 0.15) is 0 Å². The number of rotatable bonds is 5. The van der Waals surface area contributed by atoms with E-state index in [0.717, 1.165) is 74.2 Å². The minimum atomic E-state index is -4.10. The maximum absolute atomic E-state index is 14.7. The maximum atomic E-state index is 14.7. The molecule has 0 heterocycles. The molecule has 1 aliphatic rings. The molecular formula is C26H21F7O. The van der Waals surface area contributed by atoms with Crippen molar-refractivity contribution in [3.8, 4) is 16.9 Å². The lowest BCUT2D eigenvalue weighted by Gasteiger charge is -2.27. The van der Waals surface area contributed by atoms with Crippen LogP contribution >= 0.6 is 0 Å². The summed E-state index contributed by atoms with van der Waals surface area (Å²) in [7, 11) is 0. The predicted octanol–water partition coefficient (Wildman–Crippen LogP) is 8.47. The summed E-state index contributed by atoms with van der Waals surface area (Å²) in [6.45, 7) is 2.11. The molecule has 34 heavy (non-hydrogen) atoms. The van der Waals surface area contributed by atoms with Crippen molar-refractivity contribution >= 4 is 0 Å². The molecule has 0 N–H and O–H groups in total. The highest BCUT2D eigenvalue weighted by atomic mass is 19.3. The molecule has 0 amide bonds. The second kappa shape index (κ2) is 9.31. The van der Waals surface area contributed by atoms with Gasteiger partial charge in [-0.15, -0.1) is 0 Å². The fraction of sp³-hybridized carbons (Fsp3) is 0.308. The Hall–Kier alpha value is -3.03. The molecule has 0 saturated heterocycles. The van der Waals surface area contributed by atoms with Crippen molar-refractivity contribution < 1.29 is 35.5 Å². The van der Waals surface area contributed by atoms with Crippen LogP contribution in [0.4, 0.5) is 30.7 Å². The van der Waals surface area contributed by atoms with E-state index in [1.165, 1.54) is 0 Å². The van der Waals surface area contributed by atoms with Gasteiger partial charge in [0.05, 0.1) is 5.56 Å². The van der Waals surface area contributed by atoms with Crippen LogP contribution in [0, 0.1) is 35.0 Å². The van der Waals surface area contributed by atoms with Crippen molar-refractivity contribution in [1.82, 2.24) is 0 Å². The first-order valence-electron chi connectivity index (χ1n) is 10.9. The molecule has 1 aliphatic carbocycles. The SMILES string of the molecule is CC1CCC(c2cc(F)c(OC(F)(F)c3ccc(-c4cc(F)c(F)c(F)c4)cc3)c(F)c2)CC1. The molecule has 0 aromatic heterocycles. The van der Waals surface area contributed by atoms with Crippen LogP contribution in [-0.2, 0) is 6.11 Å². The fourth-order valence-electron chi connectivity index (χ4n) is 4.27. The van der Waals surface area contributed by atoms with E-state index >= 15 is 0 Å². The lowest BCUT2D eigenvalue weighted by atomic mass is 9.79. The van der Waals surface area contributed by atoms with Gasteiger partial charge in [0.2, 0.25) is 0 Å². The van der Waals surface area contributed by atoms with Gasteiger partial charge in [-0.2, -0.15) is 8.78 Å². The lowest BCUT2D eigenvalue weighted by molar-refractivity contribution is -0.188. The first kappa shape index (κ1) is 24.1. The van der Waals surface area contributed by atoms with Crippen molar-refractivity contribution in [3.63, 3.8) is 0 Å². The van der Waals surface area contributed by atoms with Crippen LogP contribution in [0.5, 0.6) is 5.75 Å². The predicted molar refractivity (Wildman–Crippen MR) is 113 cm³/mol. The van der Waals surface area contributed by atoms with Gasteiger partial charge in [-0.05, 0) is 77.8 Å². The summed E-state index contributed by atoms with van der Waals surface area (Å²) in [5.41, 5.74) is -0.262. The average molecular weight is 482 g/mol. The molecule has 1 saturated carbocycles. The Kier molecular flexibility index (Phi) is 6.60. The summed E-state index contributed by atoms with van der Waals surface area (Å²) in [4.78, 5) is 0. The van der Waals surface area contributed by atoms with Crippen LogP contribution in [-0.4, -0.2) is 0 Å². The Morgan fingerprint density at radius 3 is 1.76 bits per heavy atom. The standard InChI is InChI=1S/C26H21F7O/c1-14-2-4-15(5-3-14)18-12-22(29)25(23(30)13-18)34-26(32,33)19-8-6-16(7-9-19)17-10-20(27)24(31)21(28)11-17/h6-15H,2-5H2,1H3. The number of alkyl halides is 2. The third-order valence-corrected chi connectivity index (χ3v) is 6.28. The average Bonchev–Trinajstić information content (AvgIpc) is 2.80. The van der Waals surface area contributed by atoms with Gasteiger partial charge >= 0.3 is 6.11 Å². The van der Waals surface area contributed by atoms with Gasteiger partial charge in [-0.1, -0.05) is 31.9 Å². The molecule has 3 aromatic rings. The second-order valence-electron chi connectivity index (χ2n) is 8.72. The molecule has 0 aliphatic heterocycles. The Morgan fingerprint density at radius 1 is 0.706 bits per heavy atom. The Labute approximate surface area is 192 Å². The Bertz CT molecular complexity index is 1140. The van der Waals surface area contributed by atoms with Crippen LogP contribution in [0.1, 0.15) is 49.7 Å². The molecule has 1 fully saturated rings. The maximum Gasteiger partial charge on any atom is 0.426 e. The highest BCUT2D eigenvalue weighted by Gasteiger charge is 2.37. The van der Waals surface area contributed by atoms with Crippen LogP contribution in [0.25, 0.3) is 11.1 Å². The monoisotopic (exact) mass is 482 g/mol. The van der Waals surface area contributed by atoms with Gasteiger partial charge in [-0.3, -0.25) is 0 Å². The number of ether oxygens (including phenoxy) is 1. The molecule has 0 bridgehead atoms. The fourth-order valence-corrected chi connectivity index (χ4v) is 4.27. The topological polar surface area (TPSA) is 9.23 Å². The quantitative estimate of drug-likeness (QED) is 0.262. The summed E-state index contributed by atoms with van der Waals surface area (Å²) >= 11 is 0. The summed E-state index contributed by atoms with van der Waals surface area (Å²) in [6, 6.07) is 7.52. The molecule has 0 radical (unpaired) electrons. The summed E-state index contributed by atoms with van der Waals surface area (Å²) in [5, 5.41) is 0. The van der Waals surface area contributed by atoms with Crippen molar-refractivity contribution in [1.29, 1.82) is 0 Å². The molecule has 8 heteroatoms. The van der Waals surface area contributed by atoms with E-state index in [1.807, 2.05) is 0 Å². The van der Waals surface area contributed by atoms with Gasteiger partial charge < -0.3 is 4.74 Å². The minimum Gasteiger partial charge on any atom is -0.423 e. The van der Waals surface area contributed by atoms with Crippen molar-refractivity contribution in [2.24, 2.45) is 5.92 Å². The Balaban J connectivity index is 1.55. The van der Waals surface area contributed by atoms with E-state index in [1.54, 1.807) is 0 Å². The number of hydrogen-bond donors (Lipinski definition) is 0. The van der Waals surface area contributed by atoms with Gasteiger partial charge in [0.15, 0.2) is 34.8 Å². The summed E-state index contributed by atoms with van der Waals surface area (Å²) < 4.78 is 103. The van der Waals surface area contributed by atoms with E-state index < -0.39 is 46.5 Å². The van der Waals surface area contributed by atoms with Gasteiger partial charge in [-0.25, -0.2) is 22.0 Å². The molecule has 180 valence electrons. The molecule has 4 rings (SSSR count). The largest absolute Gasteiger partial charge is 0.426 e. The summed E-state index contributed by atoms with van der Waals surface area (Å²) in [5.74, 6) is -7.62. The molecule has 1 nitrogen and oxygen atoms in total. The molecule has 0 spiro atoms. The van der Waals surface area contributed by atoms with E-state index in [0.29, 0.717) is 11.5 Å². The Morgan fingerprint density at radius 2 is 1.24 bits per heavy atom. The zero-order valence-corrected chi connectivity index (χ0v) is 18.2. The highest BCUT2D eigenvalue weighted by molar-refractivity contribution is 5.64. The smallest absolute Gasteiger partial charge is 0.423 e. The molecule has 0 unspecified atom stereocenters. The third kappa shape index (κ3) is 4.91. The van der Waals surface area contributed by atoms with Gasteiger partial charge in [0.25, 0.3) is 0 Å². The first-order valence-corrected chi connectivity index (χ1v) is 10.9. The minimum absolute atomic E-state index is 0.0385. The second-order valence-corrected chi connectivity index (χ2v) is 8.72. The van der Waals surface area contributed by atoms with Crippen LogP contribution in [0.2, 0.25) is 0 Å². The van der Waals surface area contributed by atoms with Gasteiger partial charge in [0, 0.05) is 0 Å². The van der Waals surface area contributed by atoms with Crippen LogP contribution < -0.4 is 4.74 Å². The normalized spacial score (nSPS) is 18.7. The van der Waals surface area contributed by atoms with Crippen molar-refractivity contribution in [3.05, 3.63) is 88.7 Å². The number of hydrogen-bond acceptors (Lipinski definition) is 1. The molecule has 3 aromatic carbocycles. The van der Waals surface area contributed by atoms with E-state index in [9.17, 15) is 30.7 Å². The zero-order valence-electron chi connectivity index (χ0n) is 18.2. The zero-order chi connectivity index (χ0) is 24.6. The van der Waals surface area contributed by atoms with Crippen molar-refractivity contribution in [2.45, 2.75) is 44.6 Å².